The Kier molecular flexibility index (Phi) is 3.98. The van der Waals surface area contributed by atoms with Crippen LogP contribution in [0.4, 0.5) is 4.79 Å². The Morgan fingerprint density at radius 2 is 2.25 bits per heavy atom. The van der Waals surface area contributed by atoms with Crippen LogP contribution < -0.4 is 0 Å². The van der Waals surface area contributed by atoms with Crippen molar-refractivity contribution in [3.63, 3.8) is 0 Å². The van der Waals surface area contributed by atoms with Crippen LogP contribution >= 0.6 is 0 Å². The zero-order valence-corrected chi connectivity index (χ0v) is 7.24. The van der Waals surface area contributed by atoms with E-state index in [1.54, 1.807) is 0 Å². The van der Waals surface area contributed by atoms with Gasteiger partial charge in [0.2, 0.25) is 0 Å². The molecule has 0 aromatic carbocycles. The van der Waals surface area contributed by atoms with Crippen LogP contribution in [0, 0.1) is 5.92 Å². The SMILES string of the molecule is CC(C)C[AsH]C(=O)O. The Morgan fingerprint density at radius 1 is 1.75 bits per heavy atom. The molecule has 2 nitrogen and oxygen atoms in total. The fraction of sp³-hybridized carbons (Fsp3) is 0.800. The van der Waals surface area contributed by atoms with Crippen LogP contribution in [-0.4, -0.2) is 25.6 Å². The number of hydrogen-bond acceptors (Lipinski definition) is 1. The van der Waals surface area contributed by atoms with Crippen molar-refractivity contribution in [1.29, 1.82) is 0 Å². The van der Waals surface area contributed by atoms with Gasteiger partial charge in [0.25, 0.3) is 0 Å². The quantitative estimate of drug-likeness (QED) is 0.658. The normalized spacial score (nSPS) is 11.4. The van der Waals surface area contributed by atoms with Gasteiger partial charge < -0.3 is 0 Å². The molecule has 0 rings (SSSR count). The van der Waals surface area contributed by atoms with E-state index in [9.17, 15) is 4.79 Å². The summed E-state index contributed by atoms with van der Waals surface area (Å²) in [7, 11) is 0. The molecule has 0 amide bonds. The van der Waals surface area contributed by atoms with Gasteiger partial charge in [0.1, 0.15) is 0 Å². The molecule has 0 spiro atoms. The Morgan fingerprint density at radius 3 is 2.38 bits per heavy atom. The van der Waals surface area contributed by atoms with E-state index in [1.165, 1.54) is 0 Å². The van der Waals surface area contributed by atoms with Gasteiger partial charge in [-0.2, -0.15) is 0 Å². The maximum absolute atomic E-state index is 9.96. The average Bonchev–Trinajstić information content (AvgIpc) is 1.61. The molecule has 0 saturated heterocycles. The molecule has 0 aliphatic carbocycles. The molecule has 3 heteroatoms. The molecule has 0 heterocycles. The Hall–Kier alpha value is 0.0284. The first-order valence-corrected chi connectivity index (χ1v) is 5.13. The van der Waals surface area contributed by atoms with Gasteiger partial charge in [-0.1, -0.05) is 0 Å². The third-order valence-corrected chi connectivity index (χ3v) is 3.44. The first kappa shape index (κ1) is 8.03. The second-order valence-corrected chi connectivity index (χ2v) is 4.58. The van der Waals surface area contributed by atoms with Crippen molar-refractivity contribution in [1.82, 2.24) is 0 Å². The van der Waals surface area contributed by atoms with Gasteiger partial charge in [0.15, 0.2) is 0 Å². The molecule has 0 aliphatic rings. The van der Waals surface area contributed by atoms with Crippen molar-refractivity contribution >= 4 is 20.5 Å². The molecule has 1 atom stereocenters. The van der Waals surface area contributed by atoms with E-state index in [4.69, 9.17) is 5.11 Å². The summed E-state index contributed by atoms with van der Waals surface area (Å²) in [6.07, 6.45) is 0. The summed E-state index contributed by atoms with van der Waals surface area (Å²) in [5.41, 5.74) is 0. The summed E-state index contributed by atoms with van der Waals surface area (Å²) in [4.78, 5) is 9.96. The Balaban J connectivity index is 3.05. The molecular weight excluding hydrogens is 167 g/mol. The van der Waals surface area contributed by atoms with Gasteiger partial charge in [0.05, 0.1) is 0 Å². The molecule has 0 bridgehead atoms. The van der Waals surface area contributed by atoms with Crippen LogP contribution in [-0.2, 0) is 0 Å². The minimum atomic E-state index is -0.676. The molecule has 8 heavy (non-hydrogen) atoms. The van der Waals surface area contributed by atoms with E-state index in [2.05, 4.69) is 0 Å². The monoisotopic (exact) mass is 178 g/mol. The molecule has 0 radical (unpaired) electrons. The van der Waals surface area contributed by atoms with Crippen LogP contribution in [0.2, 0.25) is 5.21 Å². The summed E-state index contributed by atoms with van der Waals surface area (Å²) in [6, 6.07) is 0. The minimum absolute atomic E-state index is 0.561. The van der Waals surface area contributed by atoms with Crippen LogP contribution in [0.1, 0.15) is 13.8 Å². The maximum atomic E-state index is 9.96. The van der Waals surface area contributed by atoms with Crippen molar-refractivity contribution in [2.75, 3.05) is 0 Å². The second-order valence-electron chi connectivity index (χ2n) is 2.08. The topological polar surface area (TPSA) is 37.3 Å². The van der Waals surface area contributed by atoms with Crippen molar-refractivity contribution < 1.29 is 9.90 Å². The number of hydrogen-bond donors (Lipinski definition) is 1. The van der Waals surface area contributed by atoms with E-state index in [1.807, 2.05) is 13.8 Å². The number of carboxylic acid groups (broad SMARTS) is 1. The summed E-state index contributed by atoms with van der Waals surface area (Å²) >= 11 is -0.676. The molecule has 0 saturated carbocycles. The summed E-state index contributed by atoms with van der Waals surface area (Å²) in [6.45, 7) is 4.10. The Bertz CT molecular complexity index is 80.5. The van der Waals surface area contributed by atoms with Crippen molar-refractivity contribution in [3.8, 4) is 0 Å². The fourth-order valence-electron chi connectivity index (χ4n) is 0.291. The van der Waals surface area contributed by atoms with E-state index in [-0.39, 0.29) is 0 Å². The van der Waals surface area contributed by atoms with Gasteiger partial charge >= 0.3 is 55.4 Å². The third kappa shape index (κ3) is 6.03. The predicted octanol–water partition coefficient (Wildman–Crippen LogP) is 1.18. The summed E-state index contributed by atoms with van der Waals surface area (Å²) in [5.74, 6) is 0.561. The zero-order valence-electron chi connectivity index (χ0n) is 5.14. The fourth-order valence-corrected chi connectivity index (χ4v) is 1.51. The molecule has 0 aliphatic heterocycles. The van der Waals surface area contributed by atoms with Gasteiger partial charge in [-0.15, -0.1) is 0 Å². The van der Waals surface area contributed by atoms with E-state index < -0.39 is 20.5 Å². The van der Waals surface area contributed by atoms with E-state index in [0.717, 1.165) is 5.21 Å². The molecular formula is C5H11AsO2. The van der Waals surface area contributed by atoms with Gasteiger partial charge in [-0.05, 0) is 0 Å². The van der Waals surface area contributed by atoms with Crippen LogP contribution in [0.5, 0.6) is 0 Å². The van der Waals surface area contributed by atoms with Crippen LogP contribution in [0.25, 0.3) is 0 Å². The molecule has 0 fully saturated rings. The first-order chi connectivity index (χ1) is 3.63. The number of carbonyl (C=O) groups is 1. The van der Waals surface area contributed by atoms with Crippen molar-refractivity contribution in [2.24, 2.45) is 5.92 Å². The van der Waals surface area contributed by atoms with Crippen molar-refractivity contribution in [3.05, 3.63) is 0 Å². The molecule has 1 N–H and O–H groups in total. The summed E-state index contributed by atoms with van der Waals surface area (Å²) in [5, 5.41) is 9.13. The van der Waals surface area contributed by atoms with Crippen LogP contribution in [0.3, 0.4) is 0 Å². The van der Waals surface area contributed by atoms with Gasteiger partial charge in [-0.25, -0.2) is 0 Å². The zero-order chi connectivity index (χ0) is 6.57. The molecule has 48 valence electrons. The van der Waals surface area contributed by atoms with Crippen LogP contribution in [0.15, 0.2) is 0 Å². The van der Waals surface area contributed by atoms with Gasteiger partial charge in [0, 0.05) is 0 Å². The molecule has 1 unspecified atom stereocenters. The standard InChI is InChI=1S/C5H11AsO2/c1-4(2)3-6-5(7)8/h4,6H,3H2,1-2H3,(H,7,8). The number of rotatable bonds is 3. The van der Waals surface area contributed by atoms with E-state index >= 15 is 0 Å². The Labute approximate surface area is 56.0 Å². The summed E-state index contributed by atoms with van der Waals surface area (Å²) < 4.78 is -0.571. The average molecular weight is 178 g/mol. The molecule has 0 aromatic rings. The van der Waals surface area contributed by atoms with Gasteiger partial charge in [-0.3, -0.25) is 0 Å². The molecule has 0 aromatic heterocycles. The first-order valence-electron chi connectivity index (χ1n) is 2.59. The van der Waals surface area contributed by atoms with E-state index in [0.29, 0.717) is 5.92 Å². The second kappa shape index (κ2) is 3.96. The third-order valence-electron chi connectivity index (χ3n) is 0.662. The predicted molar refractivity (Wildman–Crippen MR) is 34.8 cm³/mol. The van der Waals surface area contributed by atoms with Crippen molar-refractivity contribution in [2.45, 2.75) is 19.1 Å².